The molecule has 0 saturated carbocycles. The molecule has 1 heterocycles. The Morgan fingerprint density at radius 3 is 2.25 bits per heavy atom. The number of rotatable bonds is 8. The number of benzene rings is 3. The first kappa shape index (κ1) is 25.9. The molecule has 1 N–H and O–H groups in total. The zero-order chi connectivity index (χ0) is 25.8. The lowest BCUT2D eigenvalue weighted by molar-refractivity contribution is -0.117. The maximum atomic E-state index is 13.1. The molecule has 0 aromatic heterocycles. The summed E-state index contributed by atoms with van der Waals surface area (Å²) < 4.78 is 0. The number of nitrogens with one attached hydrogen (secondary N) is 1. The quantitative estimate of drug-likeness (QED) is 0.360. The van der Waals surface area contributed by atoms with E-state index in [9.17, 15) is 9.59 Å². The van der Waals surface area contributed by atoms with E-state index in [0.717, 1.165) is 29.8 Å². The molecule has 1 aliphatic rings. The van der Waals surface area contributed by atoms with Crippen LogP contribution in [0.1, 0.15) is 30.4 Å². The number of aliphatic imine (C=N–C) groups is 1. The molecular weight excluding hydrogens is 495 g/mol. The highest BCUT2D eigenvalue weighted by Crippen LogP contribution is 2.38. The summed E-state index contributed by atoms with van der Waals surface area (Å²) in [5.41, 5.74) is 4.39. The van der Waals surface area contributed by atoms with Crippen molar-refractivity contribution in [2.24, 2.45) is 4.99 Å². The van der Waals surface area contributed by atoms with E-state index in [1.54, 1.807) is 36.1 Å². The summed E-state index contributed by atoms with van der Waals surface area (Å²) in [5, 5.41) is 4.07. The van der Waals surface area contributed by atoms with Crippen LogP contribution < -0.4 is 10.2 Å². The second-order valence-electron chi connectivity index (χ2n) is 9.00. The lowest BCUT2D eigenvalue weighted by Crippen LogP contribution is -2.31. The minimum atomic E-state index is -0.599. The third kappa shape index (κ3) is 5.95. The van der Waals surface area contributed by atoms with Crippen molar-refractivity contribution < 1.29 is 9.59 Å². The van der Waals surface area contributed by atoms with Gasteiger partial charge in [-0.25, -0.2) is 0 Å². The first-order valence-corrected chi connectivity index (χ1v) is 12.5. The largest absolute Gasteiger partial charge is 0.325 e. The van der Waals surface area contributed by atoms with Gasteiger partial charge in [-0.05, 0) is 86.7 Å². The predicted molar refractivity (Wildman–Crippen MR) is 148 cm³/mol. The topological polar surface area (TPSA) is 65.0 Å². The molecule has 6 nitrogen and oxygen atoms in total. The van der Waals surface area contributed by atoms with E-state index in [1.165, 1.54) is 0 Å². The maximum absolute atomic E-state index is 13.1. The Balaban J connectivity index is 1.69. The lowest BCUT2D eigenvalue weighted by Gasteiger charge is -2.22. The van der Waals surface area contributed by atoms with Crippen molar-refractivity contribution in [3.05, 3.63) is 87.9 Å². The van der Waals surface area contributed by atoms with Crippen LogP contribution >= 0.6 is 23.2 Å². The second-order valence-corrected chi connectivity index (χ2v) is 9.87. The van der Waals surface area contributed by atoms with Crippen molar-refractivity contribution in [1.29, 1.82) is 0 Å². The summed E-state index contributed by atoms with van der Waals surface area (Å²) in [6.45, 7) is 3.10. The summed E-state index contributed by atoms with van der Waals surface area (Å²) >= 11 is 12.3. The number of carbonyl (C=O) groups excluding carboxylic acids is 2. The van der Waals surface area contributed by atoms with E-state index in [-0.39, 0.29) is 11.8 Å². The van der Waals surface area contributed by atoms with Crippen molar-refractivity contribution in [2.45, 2.75) is 19.3 Å². The van der Waals surface area contributed by atoms with E-state index in [0.29, 0.717) is 33.7 Å². The summed E-state index contributed by atoms with van der Waals surface area (Å²) in [7, 11) is 4.03. The molecular formula is C28H28Cl2N4O2. The highest BCUT2D eigenvalue weighted by Gasteiger charge is 2.35. The summed E-state index contributed by atoms with van der Waals surface area (Å²) in [6, 6.07) is 20.2. The standard InChI is InChI=1S/C28H28Cl2N4O2/c1-18(35)34(16-4-15-33(2)3)23-12-10-22(11-13-23)31-27(19-5-7-20(29)8-6-19)26-24-14-9-21(30)17-25(24)32-28(26)36/h5-14,17,26H,4,15-16H2,1-3H3,(H,32,36). The van der Waals surface area contributed by atoms with Crippen molar-refractivity contribution in [1.82, 2.24) is 4.90 Å². The molecule has 0 saturated heterocycles. The highest BCUT2D eigenvalue weighted by molar-refractivity contribution is 6.32. The molecule has 0 radical (unpaired) electrons. The van der Waals surface area contributed by atoms with Crippen LogP contribution in [0.5, 0.6) is 0 Å². The molecule has 3 aromatic carbocycles. The van der Waals surface area contributed by atoms with Gasteiger partial charge in [-0.15, -0.1) is 0 Å². The van der Waals surface area contributed by atoms with E-state index in [2.05, 4.69) is 10.2 Å². The van der Waals surface area contributed by atoms with Crippen LogP contribution in [-0.4, -0.2) is 49.6 Å². The van der Waals surface area contributed by atoms with Crippen LogP contribution in [-0.2, 0) is 9.59 Å². The molecule has 36 heavy (non-hydrogen) atoms. The molecule has 3 aromatic rings. The van der Waals surface area contributed by atoms with Crippen molar-refractivity contribution in [3.8, 4) is 0 Å². The number of anilines is 2. The molecule has 8 heteroatoms. The molecule has 0 bridgehead atoms. The summed E-state index contributed by atoms with van der Waals surface area (Å²) in [6.07, 6.45) is 0.868. The number of hydrogen-bond acceptors (Lipinski definition) is 4. The van der Waals surface area contributed by atoms with Gasteiger partial charge in [0.2, 0.25) is 11.8 Å². The molecule has 1 atom stereocenters. The van der Waals surface area contributed by atoms with Crippen LogP contribution in [0.3, 0.4) is 0 Å². The lowest BCUT2D eigenvalue weighted by atomic mass is 9.90. The number of fused-ring (bicyclic) bond motifs is 1. The average molecular weight is 523 g/mol. The normalized spacial score (nSPS) is 15.1. The van der Waals surface area contributed by atoms with Crippen LogP contribution in [0.15, 0.2) is 71.7 Å². The van der Waals surface area contributed by atoms with Gasteiger partial charge in [-0.3, -0.25) is 14.6 Å². The van der Waals surface area contributed by atoms with Crippen LogP contribution in [0.2, 0.25) is 10.0 Å². The Labute approximate surface area is 221 Å². The Hall–Kier alpha value is -3.19. The molecule has 2 amide bonds. The fourth-order valence-electron chi connectivity index (χ4n) is 4.28. The van der Waals surface area contributed by atoms with Gasteiger partial charge >= 0.3 is 0 Å². The minimum absolute atomic E-state index is 0.00949. The molecule has 1 aliphatic heterocycles. The Bertz CT molecular complexity index is 1290. The maximum Gasteiger partial charge on any atom is 0.238 e. The van der Waals surface area contributed by atoms with Crippen molar-refractivity contribution >= 4 is 57.8 Å². The van der Waals surface area contributed by atoms with Gasteiger partial charge in [0.1, 0.15) is 5.92 Å². The zero-order valence-electron chi connectivity index (χ0n) is 20.5. The monoisotopic (exact) mass is 522 g/mol. The summed E-state index contributed by atoms with van der Waals surface area (Å²) in [4.78, 5) is 34.1. The third-order valence-electron chi connectivity index (χ3n) is 6.04. The molecule has 0 fully saturated rings. The SMILES string of the molecule is CC(=O)N(CCCN(C)C)c1ccc(N=C(c2ccc(Cl)cc2)C2C(=O)Nc3cc(Cl)ccc32)cc1. The molecule has 0 aliphatic carbocycles. The van der Waals surface area contributed by atoms with Crippen LogP contribution in [0.25, 0.3) is 0 Å². The van der Waals surface area contributed by atoms with E-state index in [1.807, 2.05) is 56.6 Å². The van der Waals surface area contributed by atoms with Crippen LogP contribution in [0.4, 0.5) is 17.1 Å². The van der Waals surface area contributed by atoms with E-state index < -0.39 is 5.92 Å². The van der Waals surface area contributed by atoms with Crippen molar-refractivity contribution in [3.63, 3.8) is 0 Å². The number of nitrogens with zero attached hydrogens (tertiary/aromatic N) is 3. The number of halogens is 2. The van der Waals surface area contributed by atoms with Gasteiger partial charge in [0.25, 0.3) is 0 Å². The van der Waals surface area contributed by atoms with Gasteiger partial charge in [0.05, 0.1) is 11.4 Å². The fraction of sp³-hybridized carbons (Fsp3) is 0.250. The predicted octanol–water partition coefficient (Wildman–Crippen LogP) is 6.15. The number of amides is 2. The second kappa shape index (κ2) is 11.2. The minimum Gasteiger partial charge on any atom is -0.325 e. The van der Waals surface area contributed by atoms with E-state index >= 15 is 0 Å². The van der Waals surface area contributed by atoms with E-state index in [4.69, 9.17) is 28.2 Å². The van der Waals surface area contributed by atoms with Gasteiger partial charge in [-0.1, -0.05) is 41.4 Å². The first-order chi connectivity index (χ1) is 17.2. The zero-order valence-corrected chi connectivity index (χ0v) is 22.0. The van der Waals surface area contributed by atoms with Gasteiger partial charge < -0.3 is 15.1 Å². The van der Waals surface area contributed by atoms with Gasteiger partial charge in [0.15, 0.2) is 0 Å². The van der Waals surface area contributed by atoms with Gasteiger partial charge in [-0.2, -0.15) is 0 Å². The Morgan fingerprint density at radius 2 is 1.61 bits per heavy atom. The smallest absolute Gasteiger partial charge is 0.238 e. The number of carbonyl (C=O) groups is 2. The van der Waals surface area contributed by atoms with Crippen molar-refractivity contribution in [2.75, 3.05) is 37.4 Å². The highest BCUT2D eigenvalue weighted by atomic mass is 35.5. The third-order valence-corrected chi connectivity index (χ3v) is 6.52. The molecule has 4 rings (SSSR count). The van der Waals surface area contributed by atoms with Gasteiger partial charge in [0, 0.05) is 34.9 Å². The Kier molecular flexibility index (Phi) is 8.09. The average Bonchev–Trinajstić information content (AvgIpc) is 3.15. The first-order valence-electron chi connectivity index (χ1n) is 11.7. The summed E-state index contributed by atoms with van der Waals surface area (Å²) in [5.74, 6) is -0.774. The molecule has 0 spiro atoms. The fourth-order valence-corrected chi connectivity index (χ4v) is 4.58. The van der Waals surface area contributed by atoms with Crippen LogP contribution in [0, 0.1) is 0 Å². The molecule has 186 valence electrons. The number of hydrogen-bond donors (Lipinski definition) is 1. The molecule has 1 unspecified atom stereocenters. The Morgan fingerprint density at radius 1 is 0.944 bits per heavy atom.